The Labute approximate surface area is 222 Å². The predicted molar refractivity (Wildman–Crippen MR) is 140 cm³/mol. The van der Waals surface area contributed by atoms with E-state index in [1.807, 2.05) is 6.92 Å². The van der Waals surface area contributed by atoms with Gasteiger partial charge in [0, 0.05) is 45.2 Å². The Morgan fingerprint density at radius 2 is 1.44 bits per heavy atom. The van der Waals surface area contributed by atoms with Crippen LogP contribution in [0.4, 0.5) is 0 Å². The number of piperazine rings is 1. The molecule has 2 saturated heterocycles. The first-order valence-corrected chi connectivity index (χ1v) is 15.6. The summed E-state index contributed by atoms with van der Waals surface area (Å²) in [5.74, 6) is -0.495. The maximum absolute atomic E-state index is 13.1. The maximum atomic E-state index is 13.1. The van der Waals surface area contributed by atoms with E-state index in [1.165, 1.54) is 8.61 Å². The second-order valence-electron chi connectivity index (χ2n) is 9.22. The summed E-state index contributed by atoms with van der Waals surface area (Å²) in [7, 11) is -7.16. The van der Waals surface area contributed by atoms with Gasteiger partial charge in [-0.1, -0.05) is 47.0 Å². The highest BCUT2D eigenvalue weighted by molar-refractivity contribution is 7.89. The molecule has 0 bridgehead atoms. The summed E-state index contributed by atoms with van der Waals surface area (Å²) in [5.41, 5.74) is 1.54. The molecule has 0 aliphatic carbocycles. The molecule has 0 saturated carbocycles. The minimum atomic E-state index is -3.60. The van der Waals surface area contributed by atoms with Crippen LogP contribution in [0.1, 0.15) is 24.0 Å². The van der Waals surface area contributed by atoms with Crippen LogP contribution in [0.3, 0.4) is 0 Å². The van der Waals surface area contributed by atoms with Gasteiger partial charge in [0.2, 0.25) is 26.0 Å². The molecule has 2 fully saturated rings. The number of rotatable bonds is 6. The van der Waals surface area contributed by atoms with E-state index in [0.717, 1.165) is 5.56 Å². The van der Waals surface area contributed by atoms with E-state index in [0.29, 0.717) is 41.5 Å². The average molecular weight is 575 g/mol. The van der Waals surface area contributed by atoms with Crippen LogP contribution >= 0.6 is 23.2 Å². The van der Waals surface area contributed by atoms with Gasteiger partial charge in [-0.25, -0.2) is 21.1 Å². The molecule has 2 aromatic rings. The van der Waals surface area contributed by atoms with Crippen LogP contribution in [0, 0.1) is 12.8 Å². The third-order valence-corrected chi connectivity index (χ3v) is 11.2. The van der Waals surface area contributed by atoms with Crippen molar-refractivity contribution in [3.63, 3.8) is 0 Å². The number of carbonyl (C=O) groups is 1. The van der Waals surface area contributed by atoms with Crippen molar-refractivity contribution in [3.8, 4) is 0 Å². The number of carbonyl (C=O) groups excluding carboxylic acids is 1. The fourth-order valence-corrected chi connectivity index (χ4v) is 7.87. The Bertz CT molecular complexity index is 1320. The van der Waals surface area contributed by atoms with Gasteiger partial charge in [-0.15, -0.1) is 0 Å². The summed E-state index contributed by atoms with van der Waals surface area (Å²) in [6.45, 7) is 3.54. The second-order valence-corrected chi connectivity index (χ2v) is 13.9. The Morgan fingerprint density at radius 3 is 2.03 bits per heavy atom. The number of nitrogens with zero attached hydrogens (tertiary/aromatic N) is 3. The van der Waals surface area contributed by atoms with E-state index in [9.17, 15) is 21.6 Å². The molecular formula is C24H29Cl2N3O5S2. The number of aryl methyl sites for hydroxylation is 1. The van der Waals surface area contributed by atoms with Gasteiger partial charge in [0.1, 0.15) is 0 Å². The highest BCUT2D eigenvalue weighted by atomic mass is 35.5. The molecule has 36 heavy (non-hydrogen) atoms. The van der Waals surface area contributed by atoms with Crippen LogP contribution < -0.4 is 0 Å². The largest absolute Gasteiger partial charge is 0.340 e. The Balaban J connectivity index is 1.30. The van der Waals surface area contributed by atoms with Crippen LogP contribution in [0.15, 0.2) is 47.4 Å². The van der Waals surface area contributed by atoms with Crippen molar-refractivity contribution in [2.75, 3.05) is 39.3 Å². The van der Waals surface area contributed by atoms with Crippen LogP contribution in [0.5, 0.6) is 0 Å². The summed E-state index contributed by atoms with van der Waals surface area (Å²) in [6.07, 6.45) is 0.864. The fourth-order valence-electron chi connectivity index (χ4n) is 4.58. The second kappa shape index (κ2) is 11.0. The first-order chi connectivity index (χ1) is 17.0. The molecule has 0 aromatic heterocycles. The van der Waals surface area contributed by atoms with Gasteiger partial charge in [-0.05, 0) is 49.6 Å². The number of halogens is 2. The summed E-state index contributed by atoms with van der Waals surface area (Å²) < 4.78 is 54.5. The first kappa shape index (κ1) is 27.3. The third kappa shape index (κ3) is 6.06. The van der Waals surface area contributed by atoms with Gasteiger partial charge in [-0.3, -0.25) is 4.79 Å². The number of piperidine rings is 1. The van der Waals surface area contributed by atoms with Crippen molar-refractivity contribution in [1.82, 2.24) is 13.5 Å². The molecule has 8 nitrogen and oxygen atoms in total. The maximum Gasteiger partial charge on any atom is 0.243 e. The number of benzene rings is 2. The van der Waals surface area contributed by atoms with Gasteiger partial charge in [0.05, 0.1) is 20.7 Å². The molecule has 0 unspecified atom stereocenters. The molecular weight excluding hydrogens is 545 g/mol. The smallest absolute Gasteiger partial charge is 0.243 e. The van der Waals surface area contributed by atoms with E-state index < -0.39 is 20.0 Å². The van der Waals surface area contributed by atoms with Gasteiger partial charge in [0.25, 0.3) is 0 Å². The molecule has 0 radical (unpaired) electrons. The molecule has 0 atom stereocenters. The zero-order valence-corrected chi connectivity index (χ0v) is 23.1. The minimum absolute atomic E-state index is 0.0380. The van der Waals surface area contributed by atoms with Crippen molar-refractivity contribution < 1.29 is 21.6 Å². The average Bonchev–Trinajstić information content (AvgIpc) is 2.86. The predicted octanol–water partition coefficient (Wildman–Crippen LogP) is 3.38. The number of amides is 1. The van der Waals surface area contributed by atoms with E-state index >= 15 is 0 Å². The molecule has 12 heteroatoms. The molecule has 0 N–H and O–H groups in total. The van der Waals surface area contributed by atoms with Crippen LogP contribution in [0.2, 0.25) is 10.0 Å². The SMILES string of the molecule is Cc1ccc(S(=O)(=O)N2CCN(C(=O)C3CCN(S(=O)(=O)Cc4ccc(Cl)c(Cl)c4)CC3)CC2)cc1. The summed E-state index contributed by atoms with van der Waals surface area (Å²) >= 11 is 11.9. The van der Waals surface area contributed by atoms with Gasteiger partial charge in [-0.2, -0.15) is 4.31 Å². The lowest BCUT2D eigenvalue weighted by Crippen LogP contribution is -2.53. The number of hydrogen-bond donors (Lipinski definition) is 0. The monoisotopic (exact) mass is 573 g/mol. The standard InChI is InChI=1S/C24H29Cl2N3O5S2/c1-18-2-5-21(6-3-18)36(33,34)29-14-12-27(13-15-29)24(30)20-8-10-28(11-9-20)35(31,32)17-19-4-7-22(25)23(26)16-19/h2-7,16,20H,8-15,17H2,1H3. The lowest BCUT2D eigenvalue weighted by molar-refractivity contribution is -0.137. The van der Waals surface area contributed by atoms with Gasteiger partial charge >= 0.3 is 0 Å². The normalized spacial score (nSPS) is 18.9. The number of sulfonamides is 2. The molecule has 2 heterocycles. The topological polar surface area (TPSA) is 95.1 Å². The lowest BCUT2D eigenvalue weighted by atomic mass is 9.96. The van der Waals surface area contributed by atoms with Crippen molar-refractivity contribution in [2.24, 2.45) is 5.92 Å². The summed E-state index contributed by atoms with van der Waals surface area (Å²) in [4.78, 5) is 15.0. The molecule has 1 amide bonds. The van der Waals surface area contributed by atoms with E-state index in [4.69, 9.17) is 23.2 Å². The van der Waals surface area contributed by atoms with Gasteiger partial charge < -0.3 is 4.90 Å². The van der Waals surface area contributed by atoms with Crippen LogP contribution in [-0.4, -0.2) is 75.5 Å². The molecule has 4 rings (SSSR count). The summed E-state index contributed by atoms with van der Waals surface area (Å²) in [6, 6.07) is 11.5. The Kier molecular flexibility index (Phi) is 8.33. The molecule has 2 aliphatic rings. The molecule has 2 aromatic carbocycles. The molecule has 2 aliphatic heterocycles. The quantitative estimate of drug-likeness (QED) is 0.528. The highest BCUT2D eigenvalue weighted by Gasteiger charge is 2.36. The molecule has 196 valence electrons. The Morgan fingerprint density at radius 1 is 0.833 bits per heavy atom. The van der Waals surface area contributed by atoms with Gasteiger partial charge in [0.15, 0.2) is 0 Å². The third-order valence-electron chi connectivity index (χ3n) is 6.74. The van der Waals surface area contributed by atoms with Crippen molar-refractivity contribution >= 4 is 49.2 Å². The van der Waals surface area contributed by atoms with E-state index in [-0.39, 0.29) is 48.7 Å². The molecule has 0 spiro atoms. The summed E-state index contributed by atoms with van der Waals surface area (Å²) in [5, 5.41) is 0.672. The minimum Gasteiger partial charge on any atom is -0.340 e. The fraction of sp³-hybridized carbons (Fsp3) is 0.458. The zero-order chi connectivity index (χ0) is 26.1. The first-order valence-electron chi connectivity index (χ1n) is 11.7. The number of hydrogen-bond acceptors (Lipinski definition) is 5. The van der Waals surface area contributed by atoms with Crippen molar-refractivity contribution in [2.45, 2.75) is 30.4 Å². The zero-order valence-electron chi connectivity index (χ0n) is 19.9. The Hall–Kier alpha value is -1.69. The van der Waals surface area contributed by atoms with Crippen LogP contribution in [-0.2, 0) is 30.6 Å². The van der Waals surface area contributed by atoms with E-state index in [1.54, 1.807) is 47.4 Å². The van der Waals surface area contributed by atoms with Crippen molar-refractivity contribution in [1.29, 1.82) is 0 Å². The van der Waals surface area contributed by atoms with E-state index in [2.05, 4.69) is 0 Å². The highest BCUT2D eigenvalue weighted by Crippen LogP contribution is 2.27. The lowest BCUT2D eigenvalue weighted by Gasteiger charge is -2.38. The van der Waals surface area contributed by atoms with Crippen molar-refractivity contribution in [3.05, 3.63) is 63.6 Å². The van der Waals surface area contributed by atoms with Crippen LogP contribution in [0.25, 0.3) is 0 Å².